The number of rotatable bonds is 10. The van der Waals surface area contributed by atoms with Gasteiger partial charge in [-0.1, -0.05) is 6.07 Å². The van der Waals surface area contributed by atoms with Gasteiger partial charge < -0.3 is 24.3 Å². The minimum Gasteiger partial charge on any atom is -0.493 e. The first-order valence-electron chi connectivity index (χ1n) is 8.35. The number of ether oxygens (including phenoxy) is 4. The van der Waals surface area contributed by atoms with E-state index < -0.39 is 0 Å². The molecule has 0 fully saturated rings. The molecule has 7 heteroatoms. The average molecular weight is 373 g/mol. The van der Waals surface area contributed by atoms with Gasteiger partial charge in [-0.3, -0.25) is 9.59 Å². The van der Waals surface area contributed by atoms with Crippen LogP contribution in [0.1, 0.15) is 15.9 Å². The highest BCUT2D eigenvalue weighted by Crippen LogP contribution is 2.28. The lowest BCUT2D eigenvalue weighted by atomic mass is 10.1. The number of benzene rings is 2. The summed E-state index contributed by atoms with van der Waals surface area (Å²) in [5.41, 5.74) is 1.48. The summed E-state index contributed by atoms with van der Waals surface area (Å²) < 4.78 is 21.1. The molecule has 7 nitrogen and oxygen atoms in total. The predicted molar refractivity (Wildman–Crippen MR) is 100 cm³/mol. The number of carbonyl (C=O) groups is 2. The quantitative estimate of drug-likeness (QED) is 0.643. The number of hydrogen-bond acceptors (Lipinski definition) is 6. The molecule has 1 N–H and O–H groups in total. The maximum Gasteiger partial charge on any atom is 0.257 e. The first-order valence-corrected chi connectivity index (χ1v) is 8.35. The number of hydrogen-bond donors (Lipinski definition) is 1. The van der Waals surface area contributed by atoms with E-state index in [-0.39, 0.29) is 12.5 Å². The van der Waals surface area contributed by atoms with Gasteiger partial charge in [-0.2, -0.15) is 0 Å². The molecule has 0 saturated heterocycles. The molecule has 2 rings (SSSR count). The monoisotopic (exact) mass is 373 g/mol. The van der Waals surface area contributed by atoms with Crippen LogP contribution in [0, 0.1) is 0 Å². The third kappa shape index (κ3) is 5.64. The van der Waals surface area contributed by atoms with Crippen molar-refractivity contribution in [2.45, 2.75) is 6.42 Å². The molecular weight excluding hydrogens is 350 g/mol. The molecule has 27 heavy (non-hydrogen) atoms. The molecule has 2 aromatic carbocycles. The summed E-state index contributed by atoms with van der Waals surface area (Å²) >= 11 is 0. The summed E-state index contributed by atoms with van der Waals surface area (Å²) in [6.07, 6.45) is 1.36. The summed E-state index contributed by atoms with van der Waals surface area (Å²) in [7, 11) is 4.63. The Hall–Kier alpha value is -3.22. The Bertz CT molecular complexity index is 790. The van der Waals surface area contributed by atoms with Gasteiger partial charge in [0.25, 0.3) is 5.91 Å². The van der Waals surface area contributed by atoms with Crippen molar-refractivity contribution in [1.29, 1.82) is 0 Å². The Labute approximate surface area is 158 Å². The summed E-state index contributed by atoms with van der Waals surface area (Å²) in [5, 5.41) is 2.79. The van der Waals surface area contributed by atoms with E-state index in [9.17, 15) is 9.59 Å². The molecule has 0 aliphatic carbocycles. The van der Waals surface area contributed by atoms with Crippen molar-refractivity contribution < 1.29 is 28.5 Å². The van der Waals surface area contributed by atoms with Crippen LogP contribution in [0.3, 0.4) is 0 Å². The minimum absolute atomic E-state index is 0.150. The van der Waals surface area contributed by atoms with Gasteiger partial charge in [0.1, 0.15) is 6.29 Å². The van der Waals surface area contributed by atoms with Gasteiger partial charge in [-0.25, -0.2) is 0 Å². The van der Waals surface area contributed by atoms with Crippen molar-refractivity contribution in [3.8, 4) is 23.0 Å². The molecule has 0 radical (unpaired) electrons. The first-order chi connectivity index (χ1) is 13.1. The molecule has 144 valence electrons. The Morgan fingerprint density at radius 2 is 1.59 bits per heavy atom. The Balaban J connectivity index is 1.82. The molecule has 1 amide bonds. The molecule has 0 spiro atoms. The van der Waals surface area contributed by atoms with Crippen LogP contribution in [-0.4, -0.2) is 46.7 Å². The average Bonchev–Trinajstić information content (AvgIpc) is 2.71. The molecule has 0 bridgehead atoms. The number of methoxy groups -OCH3 is 3. The fraction of sp³-hybridized carbons (Fsp3) is 0.300. The van der Waals surface area contributed by atoms with Crippen LogP contribution in [0.15, 0.2) is 36.4 Å². The predicted octanol–water partition coefficient (Wildman–Crippen LogP) is 2.26. The number of carbonyl (C=O) groups excluding carboxylic acids is 2. The van der Waals surface area contributed by atoms with Crippen LogP contribution in [0.2, 0.25) is 0 Å². The van der Waals surface area contributed by atoms with Crippen molar-refractivity contribution in [2.75, 3.05) is 34.5 Å². The van der Waals surface area contributed by atoms with E-state index in [0.717, 1.165) is 5.56 Å². The van der Waals surface area contributed by atoms with E-state index in [1.807, 2.05) is 18.2 Å². The molecule has 2 aromatic rings. The second kappa shape index (κ2) is 10.1. The van der Waals surface area contributed by atoms with Crippen molar-refractivity contribution in [3.63, 3.8) is 0 Å². The van der Waals surface area contributed by atoms with Gasteiger partial charge in [-0.05, 0) is 42.3 Å². The summed E-state index contributed by atoms with van der Waals surface area (Å²) in [5.74, 6) is 1.86. The third-order valence-electron chi connectivity index (χ3n) is 3.87. The normalized spacial score (nSPS) is 10.0. The molecule has 0 heterocycles. The standard InChI is InChI=1S/C20H23NO6/c1-24-16-6-4-14(10-18(16)25-2)8-9-21-20(23)13-27-17-7-5-15(12-22)11-19(17)26-3/h4-7,10-12H,8-9,13H2,1-3H3,(H,21,23). The van der Waals surface area contributed by atoms with E-state index in [1.165, 1.54) is 7.11 Å². The summed E-state index contributed by atoms with van der Waals surface area (Å²) in [6.45, 7) is 0.307. The Morgan fingerprint density at radius 3 is 2.26 bits per heavy atom. The lowest BCUT2D eigenvalue weighted by Crippen LogP contribution is -2.30. The van der Waals surface area contributed by atoms with Crippen LogP contribution < -0.4 is 24.3 Å². The Morgan fingerprint density at radius 1 is 0.926 bits per heavy atom. The zero-order chi connectivity index (χ0) is 19.6. The summed E-state index contributed by atoms with van der Waals surface area (Å²) in [6, 6.07) is 10.4. The fourth-order valence-corrected chi connectivity index (χ4v) is 2.45. The van der Waals surface area contributed by atoms with E-state index in [2.05, 4.69) is 5.32 Å². The fourth-order valence-electron chi connectivity index (χ4n) is 2.45. The molecular formula is C20H23NO6. The van der Waals surface area contributed by atoms with Crippen LogP contribution in [0.25, 0.3) is 0 Å². The maximum atomic E-state index is 12.0. The maximum absolute atomic E-state index is 12.0. The number of aldehydes is 1. The second-order valence-corrected chi connectivity index (χ2v) is 5.61. The highest BCUT2D eigenvalue weighted by molar-refractivity contribution is 5.78. The van der Waals surface area contributed by atoms with Gasteiger partial charge in [-0.15, -0.1) is 0 Å². The zero-order valence-corrected chi connectivity index (χ0v) is 15.6. The largest absolute Gasteiger partial charge is 0.493 e. The molecule has 0 aliphatic heterocycles. The van der Waals surface area contributed by atoms with Gasteiger partial charge >= 0.3 is 0 Å². The van der Waals surface area contributed by atoms with Gasteiger partial charge in [0.15, 0.2) is 29.6 Å². The van der Waals surface area contributed by atoms with Crippen LogP contribution in [0.4, 0.5) is 0 Å². The second-order valence-electron chi connectivity index (χ2n) is 5.61. The summed E-state index contributed by atoms with van der Waals surface area (Å²) in [4.78, 5) is 22.8. The Kier molecular flexibility index (Phi) is 7.49. The van der Waals surface area contributed by atoms with Crippen molar-refractivity contribution in [1.82, 2.24) is 5.32 Å². The van der Waals surface area contributed by atoms with Gasteiger partial charge in [0.2, 0.25) is 0 Å². The molecule has 0 aromatic heterocycles. The molecule has 0 atom stereocenters. The van der Waals surface area contributed by atoms with Crippen molar-refractivity contribution in [2.24, 2.45) is 0 Å². The smallest absolute Gasteiger partial charge is 0.257 e. The minimum atomic E-state index is -0.253. The van der Waals surface area contributed by atoms with Crippen molar-refractivity contribution in [3.05, 3.63) is 47.5 Å². The SMILES string of the molecule is COc1ccc(CCNC(=O)COc2ccc(C=O)cc2OC)cc1OC. The third-order valence-corrected chi connectivity index (χ3v) is 3.87. The zero-order valence-electron chi connectivity index (χ0n) is 15.6. The van der Waals surface area contributed by atoms with E-state index >= 15 is 0 Å². The van der Waals surface area contributed by atoms with E-state index in [4.69, 9.17) is 18.9 Å². The highest BCUT2D eigenvalue weighted by Gasteiger charge is 2.09. The lowest BCUT2D eigenvalue weighted by Gasteiger charge is -2.12. The van der Waals surface area contributed by atoms with E-state index in [0.29, 0.717) is 47.8 Å². The van der Waals surface area contributed by atoms with Crippen LogP contribution in [-0.2, 0) is 11.2 Å². The van der Waals surface area contributed by atoms with Crippen molar-refractivity contribution >= 4 is 12.2 Å². The van der Waals surface area contributed by atoms with E-state index in [1.54, 1.807) is 32.4 Å². The first kappa shape index (κ1) is 20.1. The molecule has 0 saturated carbocycles. The molecule has 0 unspecified atom stereocenters. The van der Waals surface area contributed by atoms with Gasteiger partial charge in [0, 0.05) is 12.1 Å². The highest BCUT2D eigenvalue weighted by atomic mass is 16.5. The molecule has 0 aliphatic rings. The van der Waals surface area contributed by atoms with Crippen LogP contribution in [0.5, 0.6) is 23.0 Å². The number of amides is 1. The van der Waals surface area contributed by atoms with Gasteiger partial charge in [0.05, 0.1) is 21.3 Å². The lowest BCUT2D eigenvalue weighted by molar-refractivity contribution is -0.123. The topological polar surface area (TPSA) is 83.1 Å². The number of nitrogens with one attached hydrogen (secondary N) is 1. The van der Waals surface area contributed by atoms with Crippen LogP contribution >= 0.6 is 0 Å².